The third-order valence-electron chi connectivity index (χ3n) is 6.16. The number of aryl methyl sites for hydroxylation is 1. The Morgan fingerprint density at radius 3 is 2.92 bits per heavy atom. The third kappa shape index (κ3) is 5.69. The summed E-state index contributed by atoms with van der Waals surface area (Å²) in [7, 11) is 1.84. The lowest BCUT2D eigenvalue weighted by Crippen LogP contribution is -2.36. The lowest BCUT2D eigenvalue weighted by molar-refractivity contribution is -0.116. The van der Waals surface area contributed by atoms with E-state index in [-0.39, 0.29) is 24.9 Å². The maximum Gasteiger partial charge on any atom is 0.410 e. The van der Waals surface area contributed by atoms with Gasteiger partial charge in [-0.15, -0.1) is 11.3 Å². The average molecular weight is 508 g/mol. The summed E-state index contributed by atoms with van der Waals surface area (Å²) in [6.07, 6.45) is 3.82. The van der Waals surface area contributed by atoms with Gasteiger partial charge in [0, 0.05) is 37.3 Å². The van der Waals surface area contributed by atoms with Crippen molar-refractivity contribution >= 4 is 28.3 Å². The number of ether oxygens (including phenoxy) is 2. The van der Waals surface area contributed by atoms with Gasteiger partial charge in [0.1, 0.15) is 22.6 Å². The van der Waals surface area contributed by atoms with Crippen LogP contribution < -0.4 is 10.1 Å². The first-order valence-electron chi connectivity index (χ1n) is 11.8. The third-order valence-corrected chi connectivity index (χ3v) is 7.29. The van der Waals surface area contributed by atoms with E-state index in [1.54, 1.807) is 21.9 Å². The van der Waals surface area contributed by atoms with Crippen LogP contribution in [0, 0.1) is 11.3 Å². The molecule has 0 aliphatic carbocycles. The zero-order chi connectivity index (χ0) is 25.7. The molecule has 1 atom stereocenters. The van der Waals surface area contributed by atoms with Crippen LogP contribution in [-0.2, 0) is 36.2 Å². The first-order chi connectivity index (χ1) is 17.4. The number of carbonyl (C=O) groups is 2. The minimum atomic E-state index is -0.427. The summed E-state index contributed by atoms with van der Waals surface area (Å²) in [5.74, 6) is 1.26. The van der Waals surface area contributed by atoms with Crippen molar-refractivity contribution in [2.75, 3.05) is 18.5 Å². The number of aromatic nitrogens is 2. The Bertz CT molecular complexity index is 1290. The Balaban J connectivity index is 1.38. The molecule has 1 aliphatic rings. The molecule has 0 radical (unpaired) electrons. The molecule has 4 rings (SSSR count). The molecule has 3 aromatic rings. The van der Waals surface area contributed by atoms with Crippen LogP contribution in [-0.4, -0.2) is 39.6 Å². The van der Waals surface area contributed by atoms with Gasteiger partial charge in [-0.05, 0) is 42.5 Å². The van der Waals surface area contributed by atoms with Crippen molar-refractivity contribution < 1.29 is 19.1 Å². The summed E-state index contributed by atoms with van der Waals surface area (Å²) in [6.45, 7) is 5.37. The number of thiophene rings is 1. The van der Waals surface area contributed by atoms with Crippen LogP contribution in [0.15, 0.2) is 36.7 Å². The molecule has 0 spiro atoms. The van der Waals surface area contributed by atoms with Gasteiger partial charge in [0.2, 0.25) is 5.91 Å². The van der Waals surface area contributed by atoms with E-state index in [9.17, 15) is 14.9 Å². The van der Waals surface area contributed by atoms with Crippen LogP contribution in [0.25, 0.3) is 0 Å². The summed E-state index contributed by atoms with van der Waals surface area (Å²) < 4.78 is 12.8. The Morgan fingerprint density at radius 2 is 2.19 bits per heavy atom. The number of hydrogen-bond donors (Lipinski definition) is 1. The molecule has 0 bridgehead atoms. The number of nitrogens with one attached hydrogen (secondary N) is 1. The van der Waals surface area contributed by atoms with Crippen LogP contribution in [0.4, 0.5) is 9.80 Å². The summed E-state index contributed by atoms with van der Waals surface area (Å²) in [5.41, 5.74) is 2.39. The first kappa shape index (κ1) is 25.3. The van der Waals surface area contributed by atoms with Gasteiger partial charge in [0.05, 0.1) is 18.7 Å². The zero-order valence-corrected chi connectivity index (χ0v) is 21.4. The second-order valence-corrected chi connectivity index (χ2v) is 9.76. The van der Waals surface area contributed by atoms with Crippen molar-refractivity contribution in [2.45, 2.75) is 45.8 Å². The van der Waals surface area contributed by atoms with Crippen LogP contribution in [0.3, 0.4) is 0 Å². The molecule has 10 heteroatoms. The van der Waals surface area contributed by atoms with Crippen LogP contribution in [0.1, 0.15) is 53.6 Å². The Labute approximate surface area is 214 Å². The number of benzene rings is 1. The average Bonchev–Trinajstić information content (AvgIpc) is 3.44. The standard InChI is InChI=1S/C26H29N5O4S/c1-4-34-19-7-5-6-18(13-19)17(2)12-24(32)29-25-21(14-27)20-8-10-31(15-22(20)36-25)26(33)35-16-23-28-9-11-30(23)3/h5-7,9,11,13,17H,4,8,10,12,15-16H2,1-3H3,(H,29,32). The molecule has 0 saturated carbocycles. The molecule has 188 valence electrons. The van der Waals surface area contributed by atoms with E-state index in [1.807, 2.05) is 45.2 Å². The number of fused-ring (bicyclic) bond motifs is 1. The second kappa shape index (κ2) is 11.3. The van der Waals surface area contributed by atoms with Crippen molar-refractivity contribution in [1.29, 1.82) is 5.26 Å². The van der Waals surface area contributed by atoms with Gasteiger partial charge in [0.15, 0.2) is 6.61 Å². The van der Waals surface area contributed by atoms with Crippen LogP contribution in [0.2, 0.25) is 0 Å². The molecule has 9 nitrogen and oxygen atoms in total. The van der Waals surface area contributed by atoms with Gasteiger partial charge in [-0.3, -0.25) is 4.79 Å². The molecular formula is C26H29N5O4S. The lowest BCUT2D eigenvalue weighted by atomic mass is 9.97. The van der Waals surface area contributed by atoms with Gasteiger partial charge in [-0.2, -0.15) is 5.26 Å². The fourth-order valence-corrected chi connectivity index (χ4v) is 5.40. The topological polar surface area (TPSA) is 109 Å². The highest BCUT2D eigenvalue weighted by Crippen LogP contribution is 2.37. The molecule has 1 aromatic carbocycles. The normalized spacial score (nSPS) is 13.4. The Hall–Kier alpha value is -3.84. The number of imidazole rings is 1. The largest absolute Gasteiger partial charge is 0.494 e. The number of carbonyl (C=O) groups excluding carboxylic acids is 2. The second-order valence-electron chi connectivity index (χ2n) is 8.66. The summed E-state index contributed by atoms with van der Waals surface area (Å²) in [4.78, 5) is 32.1. The number of hydrogen-bond acceptors (Lipinski definition) is 7. The lowest BCUT2D eigenvalue weighted by Gasteiger charge is -2.26. The first-order valence-corrected chi connectivity index (χ1v) is 12.7. The monoisotopic (exact) mass is 507 g/mol. The number of rotatable bonds is 8. The van der Waals surface area contributed by atoms with Gasteiger partial charge in [0.25, 0.3) is 0 Å². The van der Waals surface area contributed by atoms with E-state index < -0.39 is 6.09 Å². The molecule has 2 amide bonds. The summed E-state index contributed by atoms with van der Waals surface area (Å²) >= 11 is 1.35. The number of nitrogens with zero attached hydrogens (tertiary/aromatic N) is 4. The van der Waals surface area contributed by atoms with Gasteiger partial charge < -0.3 is 24.3 Å². The van der Waals surface area contributed by atoms with Crippen molar-refractivity contribution in [3.8, 4) is 11.8 Å². The molecule has 0 fully saturated rings. The molecule has 1 N–H and O–H groups in total. The van der Waals surface area contributed by atoms with Gasteiger partial charge >= 0.3 is 6.09 Å². The smallest absolute Gasteiger partial charge is 0.410 e. The molecule has 2 aromatic heterocycles. The summed E-state index contributed by atoms with van der Waals surface area (Å²) in [6, 6.07) is 9.99. The highest BCUT2D eigenvalue weighted by Gasteiger charge is 2.28. The quantitative estimate of drug-likeness (QED) is 0.478. The number of anilines is 1. The molecule has 1 aliphatic heterocycles. The highest BCUT2D eigenvalue weighted by molar-refractivity contribution is 7.16. The van der Waals surface area contributed by atoms with E-state index in [1.165, 1.54) is 11.3 Å². The van der Waals surface area contributed by atoms with Gasteiger partial charge in [-0.25, -0.2) is 9.78 Å². The molecule has 36 heavy (non-hydrogen) atoms. The number of nitriles is 1. The molecule has 1 unspecified atom stereocenters. The fourth-order valence-electron chi connectivity index (χ4n) is 4.17. The van der Waals surface area contributed by atoms with E-state index >= 15 is 0 Å². The van der Waals surface area contributed by atoms with Crippen LogP contribution in [0.5, 0.6) is 5.75 Å². The summed E-state index contributed by atoms with van der Waals surface area (Å²) in [5, 5.41) is 13.3. The van der Waals surface area contributed by atoms with E-state index in [0.29, 0.717) is 42.5 Å². The minimum Gasteiger partial charge on any atom is -0.494 e. The Kier molecular flexibility index (Phi) is 7.90. The fraction of sp³-hybridized carbons (Fsp3) is 0.385. The van der Waals surface area contributed by atoms with Crippen molar-refractivity contribution in [2.24, 2.45) is 7.05 Å². The Morgan fingerprint density at radius 1 is 1.36 bits per heavy atom. The van der Waals surface area contributed by atoms with Crippen molar-refractivity contribution in [1.82, 2.24) is 14.5 Å². The van der Waals surface area contributed by atoms with Crippen molar-refractivity contribution in [3.05, 3.63) is 64.1 Å². The zero-order valence-electron chi connectivity index (χ0n) is 20.6. The predicted molar refractivity (Wildman–Crippen MR) is 136 cm³/mol. The molecular weight excluding hydrogens is 478 g/mol. The van der Waals surface area contributed by atoms with E-state index in [2.05, 4.69) is 16.4 Å². The predicted octanol–water partition coefficient (Wildman–Crippen LogP) is 4.58. The molecule has 3 heterocycles. The number of amides is 2. The van der Waals surface area contributed by atoms with E-state index in [0.717, 1.165) is 21.8 Å². The van der Waals surface area contributed by atoms with Crippen molar-refractivity contribution in [3.63, 3.8) is 0 Å². The van der Waals surface area contributed by atoms with Gasteiger partial charge in [-0.1, -0.05) is 19.1 Å². The molecule has 0 saturated heterocycles. The van der Waals surface area contributed by atoms with Crippen LogP contribution >= 0.6 is 11.3 Å². The minimum absolute atomic E-state index is 0.0190. The van der Waals surface area contributed by atoms with E-state index in [4.69, 9.17) is 9.47 Å². The highest BCUT2D eigenvalue weighted by atomic mass is 32.1. The SMILES string of the molecule is CCOc1cccc(C(C)CC(=O)Nc2sc3c(c2C#N)CCN(C(=O)OCc2nccn2C)C3)c1. The maximum absolute atomic E-state index is 12.8. The maximum atomic E-state index is 12.8.